The molecule has 1 saturated heterocycles. The Kier molecular flexibility index (Phi) is 7.78. The summed E-state index contributed by atoms with van der Waals surface area (Å²) >= 11 is 7.67. The number of H-pyrrole nitrogens is 1. The number of nitrogens with one attached hydrogen (secondary N) is 2. The van der Waals surface area contributed by atoms with Crippen LogP contribution in [0.15, 0.2) is 48.5 Å². The van der Waals surface area contributed by atoms with Crippen molar-refractivity contribution in [1.29, 1.82) is 0 Å². The summed E-state index contributed by atoms with van der Waals surface area (Å²) in [6.07, 6.45) is 5.19. The van der Waals surface area contributed by atoms with Crippen LogP contribution in [-0.4, -0.2) is 52.0 Å². The van der Waals surface area contributed by atoms with Crippen LogP contribution in [0.2, 0.25) is 5.02 Å². The average Bonchev–Trinajstić information content (AvgIpc) is 3.25. The van der Waals surface area contributed by atoms with Crippen molar-refractivity contribution < 1.29 is 0 Å². The van der Waals surface area contributed by atoms with Gasteiger partial charge in [-0.05, 0) is 54.7 Å². The number of anilines is 3. The van der Waals surface area contributed by atoms with E-state index in [1.807, 2.05) is 18.4 Å². The molecule has 0 amide bonds. The van der Waals surface area contributed by atoms with Crippen molar-refractivity contribution in [3.8, 4) is 0 Å². The number of piperidine rings is 1. The lowest BCUT2D eigenvalue weighted by molar-refractivity contribution is 0.162. The van der Waals surface area contributed by atoms with E-state index in [9.17, 15) is 0 Å². The molecule has 170 valence electrons. The summed E-state index contributed by atoms with van der Waals surface area (Å²) in [5.41, 5.74) is 9.46. The minimum absolute atomic E-state index is 0.297. The third-order valence-electron chi connectivity index (χ3n) is 5.93. The standard InChI is InChI=1S/C23H30ClN7S/c1-32-29-20-8-4-18(5-9-20)16-31(13-10-17-2-6-19(24)7-3-17)21-11-14-30(15-12-21)23-26-22(25)27-28-23/h2-9,21,29H,10-16H2,1H3,(H3,25,26,27,28). The van der Waals surface area contributed by atoms with E-state index in [1.165, 1.54) is 11.1 Å². The van der Waals surface area contributed by atoms with Gasteiger partial charge in [0.25, 0.3) is 0 Å². The van der Waals surface area contributed by atoms with E-state index in [4.69, 9.17) is 17.3 Å². The highest BCUT2D eigenvalue weighted by Gasteiger charge is 2.26. The maximum atomic E-state index is 6.06. The maximum Gasteiger partial charge on any atom is 0.241 e. The van der Waals surface area contributed by atoms with Crippen LogP contribution in [0.3, 0.4) is 0 Å². The first-order chi connectivity index (χ1) is 15.6. The zero-order valence-electron chi connectivity index (χ0n) is 18.3. The summed E-state index contributed by atoms with van der Waals surface area (Å²) in [4.78, 5) is 9.14. The Bertz CT molecular complexity index is 969. The first-order valence-corrected chi connectivity index (χ1v) is 12.5. The van der Waals surface area contributed by atoms with E-state index < -0.39 is 0 Å². The van der Waals surface area contributed by atoms with Gasteiger partial charge >= 0.3 is 0 Å². The molecule has 1 aromatic heterocycles. The fraction of sp³-hybridized carbons (Fsp3) is 0.391. The molecule has 2 heterocycles. The van der Waals surface area contributed by atoms with Crippen molar-refractivity contribution in [3.63, 3.8) is 0 Å². The summed E-state index contributed by atoms with van der Waals surface area (Å²) in [6, 6.07) is 17.5. The molecule has 0 unspecified atom stereocenters. The molecule has 1 fully saturated rings. The van der Waals surface area contributed by atoms with Gasteiger partial charge in [-0.25, -0.2) is 5.10 Å². The van der Waals surface area contributed by atoms with Crippen LogP contribution in [0.25, 0.3) is 0 Å². The molecule has 0 saturated carbocycles. The number of rotatable bonds is 9. The Morgan fingerprint density at radius 1 is 1.12 bits per heavy atom. The fourth-order valence-electron chi connectivity index (χ4n) is 4.20. The van der Waals surface area contributed by atoms with E-state index in [2.05, 4.69) is 66.1 Å². The van der Waals surface area contributed by atoms with Crippen LogP contribution >= 0.6 is 23.5 Å². The van der Waals surface area contributed by atoms with Crippen molar-refractivity contribution >= 4 is 41.1 Å². The number of aromatic amines is 1. The Morgan fingerprint density at radius 2 is 1.81 bits per heavy atom. The highest BCUT2D eigenvalue weighted by Crippen LogP contribution is 2.23. The average molecular weight is 472 g/mol. The summed E-state index contributed by atoms with van der Waals surface area (Å²) in [5.74, 6) is 1.07. The zero-order chi connectivity index (χ0) is 22.3. The molecule has 0 radical (unpaired) electrons. The molecule has 9 heteroatoms. The molecule has 0 atom stereocenters. The molecular formula is C23H30ClN7S. The molecular weight excluding hydrogens is 442 g/mol. The zero-order valence-corrected chi connectivity index (χ0v) is 19.9. The summed E-state index contributed by atoms with van der Waals surface area (Å²) in [7, 11) is 0. The monoisotopic (exact) mass is 471 g/mol. The SMILES string of the molecule is CSNc1ccc(CN(CCc2ccc(Cl)cc2)C2CCN(c3nc(N)n[nH]3)CC2)cc1. The van der Waals surface area contributed by atoms with E-state index in [1.54, 1.807) is 11.9 Å². The molecule has 0 spiro atoms. The smallest absolute Gasteiger partial charge is 0.241 e. The van der Waals surface area contributed by atoms with E-state index in [0.29, 0.717) is 12.0 Å². The van der Waals surface area contributed by atoms with E-state index >= 15 is 0 Å². The minimum Gasteiger partial charge on any atom is -0.366 e. The van der Waals surface area contributed by atoms with Gasteiger partial charge in [0.05, 0.1) is 0 Å². The van der Waals surface area contributed by atoms with Crippen LogP contribution in [0.1, 0.15) is 24.0 Å². The second-order valence-corrected chi connectivity index (χ2v) is 9.13. The third kappa shape index (κ3) is 6.09. The van der Waals surface area contributed by atoms with Gasteiger partial charge in [0.1, 0.15) is 0 Å². The predicted octanol–water partition coefficient (Wildman–Crippen LogP) is 4.44. The minimum atomic E-state index is 0.297. The van der Waals surface area contributed by atoms with Crippen molar-refractivity contribution in [3.05, 3.63) is 64.7 Å². The number of hydrogen-bond donors (Lipinski definition) is 3. The molecule has 4 rings (SSSR count). The maximum absolute atomic E-state index is 6.06. The summed E-state index contributed by atoms with van der Waals surface area (Å²) < 4.78 is 3.29. The van der Waals surface area contributed by atoms with Gasteiger partial charge in [-0.2, -0.15) is 4.98 Å². The number of nitrogens with two attached hydrogens (primary N) is 1. The molecule has 1 aliphatic rings. The molecule has 1 aliphatic heterocycles. The largest absolute Gasteiger partial charge is 0.366 e. The number of nitrogen functional groups attached to an aromatic ring is 1. The number of aromatic nitrogens is 3. The first-order valence-electron chi connectivity index (χ1n) is 10.9. The van der Waals surface area contributed by atoms with Crippen LogP contribution < -0.4 is 15.4 Å². The first kappa shape index (κ1) is 22.8. The number of hydrogen-bond acceptors (Lipinski definition) is 7. The van der Waals surface area contributed by atoms with Gasteiger partial charge < -0.3 is 15.4 Å². The van der Waals surface area contributed by atoms with Crippen LogP contribution in [-0.2, 0) is 13.0 Å². The second kappa shape index (κ2) is 10.9. The number of halogens is 1. The molecule has 2 aromatic carbocycles. The Balaban J connectivity index is 1.42. The molecule has 0 aliphatic carbocycles. The summed E-state index contributed by atoms with van der Waals surface area (Å²) in [5, 5.41) is 7.68. The van der Waals surface area contributed by atoms with Gasteiger partial charge in [-0.1, -0.05) is 47.8 Å². The normalized spacial score (nSPS) is 14.8. The van der Waals surface area contributed by atoms with Gasteiger partial charge in [0.2, 0.25) is 11.9 Å². The molecule has 32 heavy (non-hydrogen) atoms. The van der Waals surface area contributed by atoms with Crippen LogP contribution in [0.4, 0.5) is 17.6 Å². The lowest BCUT2D eigenvalue weighted by Crippen LogP contribution is -2.45. The third-order valence-corrected chi connectivity index (χ3v) is 6.62. The predicted molar refractivity (Wildman–Crippen MR) is 135 cm³/mol. The molecule has 4 N–H and O–H groups in total. The quantitative estimate of drug-likeness (QED) is 0.397. The van der Waals surface area contributed by atoms with Gasteiger partial charge in [-0.3, -0.25) is 4.90 Å². The van der Waals surface area contributed by atoms with Gasteiger partial charge in [0.15, 0.2) is 0 Å². The number of benzene rings is 2. The van der Waals surface area contributed by atoms with Crippen molar-refractivity contribution in [2.45, 2.75) is 31.8 Å². The fourth-order valence-corrected chi connectivity index (χ4v) is 4.69. The highest BCUT2D eigenvalue weighted by molar-refractivity contribution is 7.99. The van der Waals surface area contributed by atoms with Crippen LogP contribution in [0, 0.1) is 0 Å². The Hall–Kier alpha value is -2.42. The molecule has 7 nitrogen and oxygen atoms in total. The van der Waals surface area contributed by atoms with Crippen LogP contribution in [0.5, 0.6) is 0 Å². The van der Waals surface area contributed by atoms with E-state index in [0.717, 1.165) is 62.1 Å². The lowest BCUT2D eigenvalue weighted by atomic mass is 10.0. The van der Waals surface area contributed by atoms with Crippen molar-refractivity contribution in [2.24, 2.45) is 0 Å². The van der Waals surface area contributed by atoms with Gasteiger partial charge in [0, 0.05) is 49.2 Å². The van der Waals surface area contributed by atoms with E-state index in [-0.39, 0.29) is 0 Å². The second-order valence-electron chi connectivity index (χ2n) is 8.09. The summed E-state index contributed by atoms with van der Waals surface area (Å²) in [6.45, 7) is 3.82. The van der Waals surface area contributed by atoms with Crippen molar-refractivity contribution in [1.82, 2.24) is 20.1 Å². The lowest BCUT2D eigenvalue weighted by Gasteiger charge is -2.38. The Morgan fingerprint density at radius 3 is 2.44 bits per heavy atom. The molecule has 3 aromatic rings. The van der Waals surface area contributed by atoms with Gasteiger partial charge in [-0.15, -0.1) is 5.10 Å². The highest BCUT2D eigenvalue weighted by atomic mass is 35.5. The Labute approximate surface area is 198 Å². The van der Waals surface area contributed by atoms with Crippen molar-refractivity contribution in [2.75, 3.05) is 41.2 Å². The molecule has 0 bridgehead atoms. The topological polar surface area (TPSA) is 86.1 Å². The number of nitrogens with zero attached hydrogens (tertiary/aromatic N) is 4.